The lowest BCUT2D eigenvalue weighted by atomic mass is 9.88. The molecule has 196 valence electrons. The Labute approximate surface area is 223 Å². The van der Waals surface area contributed by atoms with Gasteiger partial charge in [-0.25, -0.2) is 19.2 Å². The summed E-state index contributed by atoms with van der Waals surface area (Å²) < 4.78 is 28.2. The lowest BCUT2D eigenvalue weighted by molar-refractivity contribution is 0.0691. The molecule has 2 aliphatic heterocycles. The van der Waals surface area contributed by atoms with Gasteiger partial charge in [0.05, 0.1) is 11.6 Å². The molecule has 1 unspecified atom stereocenters. The molecule has 1 atom stereocenters. The number of benzene rings is 2. The molecule has 4 aromatic rings. The monoisotopic (exact) mass is 536 g/mol. The second kappa shape index (κ2) is 9.89. The van der Waals surface area contributed by atoms with Gasteiger partial charge in [-0.1, -0.05) is 29.8 Å². The predicted molar refractivity (Wildman–Crippen MR) is 139 cm³/mol. The summed E-state index contributed by atoms with van der Waals surface area (Å²) in [6.07, 6.45) is 1.51. The largest absolute Gasteiger partial charge is 0.485 e. The average Bonchev–Trinajstić information content (AvgIpc) is 3.24. The molecule has 38 heavy (non-hydrogen) atoms. The van der Waals surface area contributed by atoms with Crippen LogP contribution in [0.2, 0.25) is 5.02 Å². The van der Waals surface area contributed by atoms with Crippen LogP contribution >= 0.6 is 11.6 Å². The number of fused-ring (bicyclic) bond motifs is 2. The number of hydrogen-bond acceptors (Lipinski definition) is 6. The number of imidazole rings is 1. The van der Waals surface area contributed by atoms with Crippen molar-refractivity contribution in [3.05, 3.63) is 82.0 Å². The molecule has 0 saturated carbocycles. The quantitative estimate of drug-likeness (QED) is 0.367. The number of rotatable bonds is 5. The molecule has 10 heteroatoms. The topological polar surface area (TPSA) is 89.7 Å². The van der Waals surface area contributed by atoms with Gasteiger partial charge in [-0.2, -0.15) is 0 Å². The molecule has 0 aliphatic carbocycles. The Hall–Kier alpha value is -3.69. The third-order valence-electron chi connectivity index (χ3n) is 7.39. The molecule has 0 radical (unpaired) electrons. The maximum absolute atomic E-state index is 14.0. The highest BCUT2D eigenvalue weighted by Crippen LogP contribution is 2.44. The third kappa shape index (κ3) is 4.56. The first-order valence-corrected chi connectivity index (χ1v) is 12.9. The van der Waals surface area contributed by atoms with Gasteiger partial charge in [-0.3, -0.25) is 4.90 Å². The number of halogens is 2. The van der Waals surface area contributed by atoms with Crippen molar-refractivity contribution < 1.29 is 23.8 Å². The summed E-state index contributed by atoms with van der Waals surface area (Å²) in [6, 6.07) is 13.8. The van der Waals surface area contributed by atoms with Gasteiger partial charge >= 0.3 is 5.97 Å². The average molecular weight is 537 g/mol. The van der Waals surface area contributed by atoms with Crippen LogP contribution in [0, 0.1) is 5.82 Å². The van der Waals surface area contributed by atoms with Gasteiger partial charge in [0.1, 0.15) is 23.8 Å². The summed E-state index contributed by atoms with van der Waals surface area (Å²) in [4.78, 5) is 22.6. The Balaban J connectivity index is 1.13. The zero-order chi connectivity index (χ0) is 26.4. The number of pyridine rings is 1. The van der Waals surface area contributed by atoms with Crippen molar-refractivity contribution >= 4 is 28.7 Å². The number of piperidine rings is 1. The first-order valence-electron chi connectivity index (χ1n) is 12.5. The van der Waals surface area contributed by atoms with Crippen LogP contribution in [0.25, 0.3) is 11.2 Å². The predicted octanol–water partition coefficient (Wildman–Crippen LogP) is 5.35. The molecule has 8 nitrogen and oxygen atoms in total. The van der Waals surface area contributed by atoms with Crippen molar-refractivity contribution in [1.82, 2.24) is 19.4 Å². The maximum Gasteiger partial charge on any atom is 0.354 e. The molecule has 0 spiro atoms. The number of ether oxygens (including phenoxy) is 2. The van der Waals surface area contributed by atoms with Crippen LogP contribution in [0.5, 0.6) is 11.5 Å². The van der Waals surface area contributed by atoms with Crippen LogP contribution in [-0.2, 0) is 13.6 Å². The van der Waals surface area contributed by atoms with Gasteiger partial charge in [0.15, 0.2) is 28.9 Å². The van der Waals surface area contributed by atoms with Crippen LogP contribution in [0.1, 0.15) is 52.3 Å². The molecule has 1 fully saturated rings. The van der Waals surface area contributed by atoms with E-state index in [1.165, 1.54) is 18.2 Å². The van der Waals surface area contributed by atoms with Crippen molar-refractivity contribution in [3.63, 3.8) is 0 Å². The molecule has 0 amide bonds. The summed E-state index contributed by atoms with van der Waals surface area (Å²) in [7, 11) is 1.87. The Morgan fingerprint density at radius 1 is 1.16 bits per heavy atom. The summed E-state index contributed by atoms with van der Waals surface area (Å²) in [6.45, 7) is 2.74. The van der Waals surface area contributed by atoms with Crippen LogP contribution in [0.3, 0.4) is 0 Å². The van der Waals surface area contributed by atoms with E-state index in [2.05, 4.69) is 20.9 Å². The van der Waals surface area contributed by atoms with Gasteiger partial charge in [-0.15, -0.1) is 0 Å². The number of aromatic nitrogens is 3. The molecular weight excluding hydrogens is 511 g/mol. The number of likely N-dealkylation sites (tertiary alicyclic amines) is 1. The number of aromatic carboxylic acids is 1. The standard InChI is InChI=1S/C28H26ClFN4O4/c1-33-25(31-21-7-8-22(28(35)36)32-27(21)33)14-34-11-9-16(10-12-34)18-3-2-4-23-26(18)37-15-24(38-23)17-5-6-19(29)20(30)13-17/h2-8,13,16,24H,9-12,14-15H2,1H3,(H,35,36). The lowest BCUT2D eigenvalue weighted by Gasteiger charge is -2.34. The zero-order valence-corrected chi connectivity index (χ0v) is 21.5. The number of hydrogen-bond donors (Lipinski definition) is 1. The second-order valence-electron chi connectivity index (χ2n) is 9.75. The van der Waals surface area contributed by atoms with Crippen LogP contribution < -0.4 is 9.47 Å². The molecular formula is C28H26ClFN4O4. The van der Waals surface area contributed by atoms with E-state index in [1.54, 1.807) is 12.1 Å². The number of carboxylic acids is 1. The molecule has 2 aromatic carbocycles. The van der Waals surface area contributed by atoms with Crippen LogP contribution in [0.15, 0.2) is 48.5 Å². The van der Waals surface area contributed by atoms with Gasteiger partial charge in [0.2, 0.25) is 0 Å². The highest BCUT2D eigenvalue weighted by atomic mass is 35.5. The number of nitrogens with zero attached hydrogens (tertiary/aromatic N) is 4. The Kier molecular flexibility index (Phi) is 6.41. The number of aryl methyl sites for hydroxylation is 1. The van der Waals surface area contributed by atoms with Gasteiger partial charge in [-0.05, 0) is 67.7 Å². The van der Waals surface area contributed by atoms with E-state index in [-0.39, 0.29) is 10.7 Å². The number of carbonyl (C=O) groups is 1. The van der Waals surface area contributed by atoms with E-state index in [9.17, 15) is 14.3 Å². The Bertz CT molecular complexity index is 1530. The summed E-state index contributed by atoms with van der Waals surface area (Å²) in [5.41, 5.74) is 3.10. The van der Waals surface area contributed by atoms with Crippen molar-refractivity contribution in [3.8, 4) is 11.5 Å². The molecule has 1 N–H and O–H groups in total. The molecule has 2 aliphatic rings. The van der Waals surface area contributed by atoms with E-state index < -0.39 is 17.9 Å². The fraction of sp³-hybridized carbons (Fsp3) is 0.321. The van der Waals surface area contributed by atoms with Crippen molar-refractivity contribution in [2.45, 2.75) is 31.4 Å². The molecule has 2 aromatic heterocycles. The van der Waals surface area contributed by atoms with E-state index in [1.807, 2.05) is 23.7 Å². The lowest BCUT2D eigenvalue weighted by Crippen LogP contribution is -2.33. The highest BCUT2D eigenvalue weighted by molar-refractivity contribution is 6.30. The summed E-state index contributed by atoms with van der Waals surface area (Å²) >= 11 is 5.83. The maximum atomic E-state index is 14.0. The molecule has 6 rings (SSSR count). The Morgan fingerprint density at radius 2 is 1.97 bits per heavy atom. The number of para-hydroxylation sites is 1. The van der Waals surface area contributed by atoms with E-state index in [0.717, 1.165) is 43.1 Å². The normalized spacial score (nSPS) is 18.1. The van der Waals surface area contributed by atoms with Crippen LogP contribution in [0.4, 0.5) is 4.39 Å². The van der Waals surface area contributed by atoms with Crippen molar-refractivity contribution in [2.75, 3.05) is 19.7 Å². The number of carboxylic acid groups (broad SMARTS) is 1. The summed E-state index contributed by atoms with van der Waals surface area (Å²) in [5, 5.41) is 9.33. The fourth-order valence-electron chi connectivity index (χ4n) is 5.30. The van der Waals surface area contributed by atoms with E-state index in [0.29, 0.717) is 41.5 Å². The van der Waals surface area contributed by atoms with Gasteiger partial charge in [0, 0.05) is 12.6 Å². The zero-order valence-electron chi connectivity index (χ0n) is 20.7. The molecule has 0 bridgehead atoms. The fourth-order valence-corrected chi connectivity index (χ4v) is 5.42. The second-order valence-corrected chi connectivity index (χ2v) is 10.2. The van der Waals surface area contributed by atoms with Gasteiger partial charge < -0.3 is 19.1 Å². The van der Waals surface area contributed by atoms with Gasteiger partial charge in [0.25, 0.3) is 0 Å². The minimum absolute atomic E-state index is 0.0110. The minimum Gasteiger partial charge on any atom is -0.485 e. The molecule has 4 heterocycles. The smallest absolute Gasteiger partial charge is 0.354 e. The first-order chi connectivity index (χ1) is 18.4. The third-order valence-corrected chi connectivity index (χ3v) is 7.70. The molecule has 1 saturated heterocycles. The summed E-state index contributed by atoms with van der Waals surface area (Å²) in [5.74, 6) is 1.10. The Morgan fingerprint density at radius 3 is 2.74 bits per heavy atom. The van der Waals surface area contributed by atoms with Crippen LogP contribution in [-0.4, -0.2) is 50.2 Å². The van der Waals surface area contributed by atoms with Crippen molar-refractivity contribution in [2.24, 2.45) is 7.05 Å². The minimum atomic E-state index is -1.05. The highest BCUT2D eigenvalue weighted by Gasteiger charge is 2.30. The first kappa shape index (κ1) is 24.6. The van der Waals surface area contributed by atoms with Crippen molar-refractivity contribution in [1.29, 1.82) is 0 Å². The van der Waals surface area contributed by atoms with E-state index >= 15 is 0 Å². The van der Waals surface area contributed by atoms with E-state index in [4.69, 9.17) is 21.1 Å². The SMILES string of the molecule is Cn1c(CN2CCC(c3cccc4c3OCC(c3ccc(Cl)c(F)c3)O4)CC2)nc2ccc(C(=O)O)nc21.